The minimum absolute atomic E-state index is 0.0916. The molecular formula is C13H22N4O. The minimum atomic E-state index is 0.0916. The van der Waals surface area contributed by atoms with E-state index in [2.05, 4.69) is 24.0 Å². The summed E-state index contributed by atoms with van der Waals surface area (Å²) >= 11 is 0. The minimum Gasteiger partial charge on any atom is -0.409 e. The summed E-state index contributed by atoms with van der Waals surface area (Å²) in [4.78, 5) is 6.52. The Morgan fingerprint density at radius 3 is 2.72 bits per heavy atom. The Kier molecular flexibility index (Phi) is 4.95. The van der Waals surface area contributed by atoms with Crippen molar-refractivity contribution in [3.05, 3.63) is 23.4 Å². The third kappa shape index (κ3) is 3.61. The standard InChI is InChI=1S/C13H22N4O/c1-9(2)7-8-17(4)13-11(12(14)16-18)6-5-10(3)15-13/h5-6,9,18H,7-8H2,1-4H3,(H2,14,16). The maximum Gasteiger partial charge on any atom is 0.173 e. The summed E-state index contributed by atoms with van der Waals surface area (Å²) in [7, 11) is 1.97. The smallest absolute Gasteiger partial charge is 0.173 e. The fourth-order valence-corrected chi connectivity index (χ4v) is 1.65. The molecule has 3 N–H and O–H groups in total. The Bertz CT molecular complexity index is 429. The van der Waals surface area contributed by atoms with Crippen molar-refractivity contribution in [1.82, 2.24) is 4.98 Å². The van der Waals surface area contributed by atoms with Crippen molar-refractivity contribution in [3.8, 4) is 0 Å². The molecule has 0 fully saturated rings. The van der Waals surface area contributed by atoms with Gasteiger partial charge in [-0.25, -0.2) is 4.98 Å². The number of nitrogens with zero attached hydrogens (tertiary/aromatic N) is 3. The summed E-state index contributed by atoms with van der Waals surface area (Å²) in [5.74, 6) is 1.48. The Morgan fingerprint density at radius 2 is 2.17 bits per heavy atom. The topological polar surface area (TPSA) is 74.7 Å². The van der Waals surface area contributed by atoms with Crippen molar-refractivity contribution in [1.29, 1.82) is 0 Å². The number of anilines is 1. The predicted molar refractivity (Wildman–Crippen MR) is 74.2 cm³/mol. The predicted octanol–water partition coefficient (Wildman–Crippen LogP) is 1.97. The molecule has 0 aliphatic rings. The molecule has 0 aliphatic carbocycles. The van der Waals surface area contributed by atoms with Gasteiger partial charge in [-0.1, -0.05) is 19.0 Å². The number of hydrogen-bond acceptors (Lipinski definition) is 4. The zero-order chi connectivity index (χ0) is 13.7. The zero-order valence-electron chi connectivity index (χ0n) is 11.5. The van der Waals surface area contributed by atoms with Gasteiger partial charge < -0.3 is 15.8 Å². The van der Waals surface area contributed by atoms with Gasteiger partial charge in [0.1, 0.15) is 5.82 Å². The highest BCUT2D eigenvalue weighted by atomic mass is 16.4. The molecule has 0 aromatic carbocycles. The first-order valence-corrected chi connectivity index (χ1v) is 6.12. The summed E-state index contributed by atoms with van der Waals surface area (Å²) in [6.45, 7) is 7.18. The van der Waals surface area contributed by atoms with Crippen molar-refractivity contribution < 1.29 is 5.21 Å². The van der Waals surface area contributed by atoms with E-state index in [1.165, 1.54) is 0 Å². The third-order valence-electron chi connectivity index (χ3n) is 2.80. The number of nitrogens with two attached hydrogens (primary N) is 1. The molecule has 0 atom stereocenters. The van der Waals surface area contributed by atoms with Crippen LogP contribution in [0.25, 0.3) is 0 Å². The fraction of sp³-hybridized carbons (Fsp3) is 0.538. The van der Waals surface area contributed by atoms with Gasteiger partial charge >= 0.3 is 0 Å². The summed E-state index contributed by atoms with van der Waals surface area (Å²) < 4.78 is 0. The molecule has 0 saturated heterocycles. The van der Waals surface area contributed by atoms with Gasteiger partial charge in [-0.15, -0.1) is 0 Å². The van der Waals surface area contributed by atoms with Crippen LogP contribution in [-0.2, 0) is 0 Å². The molecule has 0 amide bonds. The summed E-state index contributed by atoms with van der Waals surface area (Å²) in [6.07, 6.45) is 1.07. The van der Waals surface area contributed by atoms with Crippen LogP contribution in [0.4, 0.5) is 5.82 Å². The molecule has 0 saturated carbocycles. The van der Waals surface area contributed by atoms with E-state index < -0.39 is 0 Å². The number of hydrogen-bond donors (Lipinski definition) is 2. The van der Waals surface area contributed by atoms with Crippen molar-refractivity contribution in [2.75, 3.05) is 18.5 Å². The monoisotopic (exact) mass is 250 g/mol. The fourth-order valence-electron chi connectivity index (χ4n) is 1.65. The van der Waals surface area contributed by atoms with Crippen LogP contribution in [0.3, 0.4) is 0 Å². The lowest BCUT2D eigenvalue weighted by Gasteiger charge is -2.22. The van der Waals surface area contributed by atoms with E-state index in [0.29, 0.717) is 11.5 Å². The Hall–Kier alpha value is -1.78. The van der Waals surface area contributed by atoms with Gasteiger partial charge in [0.05, 0.1) is 5.56 Å². The van der Waals surface area contributed by atoms with Crippen LogP contribution >= 0.6 is 0 Å². The van der Waals surface area contributed by atoms with Gasteiger partial charge in [-0.3, -0.25) is 0 Å². The van der Waals surface area contributed by atoms with Crippen LogP contribution in [0, 0.1) is 12.8 Å². The van der Waals surface area contributed by atoms with Crippen LogP contribution in [-0.4, -0.2) is 29.6 Å². The highest BCUT2D eigenvalue weighted by Gasteiger charge is 2.13. The lowest BCUT2D eigenvalue weighted by Crippen LogP contribution is -2.26. The van der Waals surface area contributed by atoms with E-state index in [4.69, 9.17) is 10.9 Å². The van der Waals surface area contributed by atoms with Crippen LogP contribution in [0.1, 0.15) is 31.5 Å². The van der Waals surface area contributed by atoms with E-state index in [-0.39, 0.29) is 5.84 Å². The lowest BCUT2D eigenvalue weighted by atomic mass is 10.1. The average molecular weight is 250 g/mol. The molecule has 18 heavy (non-hydrogen) atoms. The Balaban J connectivity index is 3.01. The quantitative estimate of drug-likeness (QED) is 0.362. The lowest BCUT2D eigenvalue weighted by molar-refractivity contribution is 0.318. The first kappa shape index (κ1) is 14.3. The zero-order valence-corrected chi connectivity index (χ0v) is 11.5. The van der Waals surface area contributed by atoms with Crippen LogP contribution < -0.4 is 10.6 Å². The number of amidine groups is 1. The molecular weight excluding hydrogens is 228 g/mol. The molecule has 1 aromatic rings. The largest absolute Gasteiger partial charge is 0.409 e. The second kappa shape index (κ2) is 6.23. The van der Waals surface area contributed by atoms with Crippen LogP contribution in [0.5, 0.6) is 0 Å². The number of oxime groups is 1. The first-order chi connectivity index (χ1) is 8.45. The maximum absolute atomic E-state index is 8.80. The van der Waals surface area contributed by atoms with Gasteiger partial charge in [0.2, 0.25) is 0 Å². The van der Waals surface area contributed by atoms with Crippen molar-refractivity contribution >= 4 is 11.7 Å². The van der Waals surface area contributed by atoms with Gasteiger partial charge in [0.25, 0.3) is 0 Å². The highest BCUT2D eigenvalue weighted by molar-refractivity contribution is 6.01. The molecule has 0 bridgehead atoms. The normalized spacial score (nSPS) is 11.9. The van der Waals surface area contributed by atoms with E-state index in [1.54, 1.807) is 0 Å². The number of pyridine rings is 1. The van der Waals surface area contributed by atoms with Crippen LogP contribution in [0.2, 0.25) is 0 Å². The van der Waals surface area contributed by atoms with Crippen molar-refractivity contribution in [2.24, 2.45) is 16.8 Å². The van der Waals surface area contributed by atoms with Gasteiger partial charge in [-0.2, -0.15) is 0 Å². The molecule has 0 radical (unpaired) electrons. The van der Waals surface area contributed by atoms with Crippen LogP contribution in [0.15, 0.2) is 17.3 Å². The van der Waals surface area contributed by atoms with Gasteiger partial charge in [0, 0.05) is 19.3 Å². The highest BCUT2D eigenvalue weighted by Crippen LogP contribution is 2.18. The Labute approximate surface area is 108 Å². The molecule has 1 aromatic heterocycles. The molecule has 100 valence electrons. The molecule has 0 unspecified atom stereocenters. The summed E-state index contributed by atoms with van der Waals surface area (Å²) in [5, 5.41) is 11.9. The van der Waals surface area contributed by atoms with E-state index in [0.717, 1.165) is 24.5 Å². The number of rotatable bonds is 5. The molecule has 1 rings (SSSR count). The van der Waals surface area contributed by atoms with Gasteiger partial charge in [0.15, 0.2) is 5.84 Å². The molecule has 5 heteroatoms. The first-order valence-electron chi connectivity index (χ1n) is 6.12. The molecule has 0 aliphatic heterocycles. The molecule has 0 spiro atoms. The second-order valence-corrected chi connectivity index (χ2v) is 4.91. The van der Waals surface area contributed by atoms with E-state index >= 15 is 0 Å². The third-order valence-corrected chi connectivity index (χ3v) is 2.80. The second-order valence-electron chi connectivity index (χ2n) is 4.91. The summed E-state index contributed by atoms with van der Waals surface area (Å²) in [6, 6.07) is 3.69. The molecule has 5 nitrogen and oxygen atoms in total. The van der Waals surface area contributed by atoms with Gasteiger partial charge in [-0.05, 0) is 31.4 Å². The van der Waals surface area contributed by atoms with Crippen molar-refractivity contribution in [3.63, 3.8) is 0 Å². The maximum atomic E-state index is 8.80. The molecule has 1 heterocycles. The van der Waals surface area contributed by atoms with E-state index in [1.807, 2.05) is 31.0 Å². The Morgan fingerprint density at radius 1 is 1.50 bits per heavy atom. The van der Waals surface area contributed by atoms with E-state index in [9.17, 15) is 0 Å². The average Bonchev–Trinajstić information content (AvgIpc) is 2.34. The van der Waals surface area contributed by atoms with Crippen molar-refractivity contribution in [2.45, 2.75) is 27.2 Å². The summed E-state index contributed by atoms with van der Waals surface area (Å²) in [5.41, 5.74) is 7.25. The SMILES string of the molecule is Cc1ccc(C(N)=NO)c(N(C)CCC(C)C)n1. The number of aromatic nitrogens is 1. The number of aryl methyl sites for hydroxylation is 1.